The minimum Gasteiger partial charge on any atom is -0.459 e. The summed E-state index contributed by atoms with van der Waals surface area (Å²) in [5.41, 5.74) is 0.784. The number of amides is 1. The van der Waals surface area contributed by atoms with E-state index >= 15 is 0 Å². The number of fused-ring (bicyclic) bond motifs is 1. The van der Waals surface area contributed by atoms with Gasteiger partial charge in [0.25, 0.3) is 5.91 Å². The summed E-state index contributed by atoms with van der Waals surface area (Å²) in [6, 6.07) is 8.86. The van der Waals surface area contributed by atoms with E-state index in [1.807, 2.05) is 25.1 Å². The zero-order chi connectivity index (χ0) is 18.6. The van der Waals surface area contributed by atoms with E-state index in [2.05, 4.69) is 10.1 Å². The predicted molar refractivity (Wildman–Crippen MR) is 94.5 cm³/mol. The fourth-order valence-electron chi connectivity index (χ4n) is 2.88. The number of benzene rings is 1. The van der Waals surface area contributed by atoms with Crippen LogP contribution in [0.2, 0.25) is 0 Å². The Morgan fingerprint density at radius 1 is 1.19 bits per heavy atom. The topological polar surface area (TPSA) is 90.8 Å². The highest BCUT2D eigenvalue weighted by atomic mass is 16.7. The molecule has 1 aromatic carbocycles. The summed E-state index contributed by atoms with van der Waals surface area (Å²) in [4.78, 5) is 18.6. The Kier molecular flexibility index (Phi) is 4.78. The van der Waals surface area contributed by atoms with E-state index in [1.165, 1.54) is 6.26 Å². The normalized spacial score (nSPS) is 12.3. The quantitative estimate of drug-likeness (QED) is 0.632. The van der Waals surface area contributed by atoms with Crippen LogP contribution in [0.15, 0.2) is 45.5 Å². The molecular formula is C19H19N3O5. The van der Waals surface area contributed by atoms with Crippen molar-refractivity contribution in [3.8, 4) is 22.9 Å². The summed E-state index contributed by atoms with van der Waals surface area (Å²) in [6.45, 7) is 3.33. The molecular weight excluding hydrogens is 350 g/mol. The summed E-state index contributed by atoms with van der Waals surface area (Å²) >= 11 is 0. The van der Waals surface area contributed by atoms with Crippen LogP contribution in [-0.2, 0) is 6.42 Å². The third-order valence-electron chi connectivity index (χ3n) is 4.21. The van der Waals surface area contributed by atoms with Crippen LogP contribution in [-0.4, -0.2) is 40.8 Å². The van der Waals surface area contributed by atoms with Gasteiger partial charge in [0.2, 0.25) is 18.5 Å². The van der Waals surface area contributed by atoms with Crippen LogP contribution in [0, 0.1) is 0 Å². The van der Waals surface area contributed by atoms with Gasteiger partial charge in [-0.05, 0) is 36.8 Å². The van der Waals surface area contributed by atoms with Crippen LogP contribution >= 0.6 is 0 Å². The SMILES string of the molecule is CCCN(CCc1nc(-c2ccc3c(c2)OCO3)no1)C(=O)c1ccco1. The van der Waals surface area contributed by atoms with Crippen molar-refractivity contribution in [2.45, 2.75) is 19.8 Å². The molecule has 8 heteroatoms. The minimum atomic E-state index is -0.141. The van der Waals surface area contributed by atoms with Crippen molar-refractivity contribution in [2.75, 3.05) is 19.9 Å². The number of rotatable bonds is 7. The van der Waals surface area contributed by atoms with Gasteiger partial charge in [-0.25, -0.2) is 0 Å². The predicted octanol–water partition coefficient (Wildman–Crippen LogP) is 3.15. The number of hydrogen-bond acceptors (Lipinski definition) is 7. The summed E-state index contributed by atoms with van der Waals surface area (Å²) < 4.78 is 21.2. The van der Waals surface area contributed by atoms with Crippen molar-refractivity contribution in [1.29, 1.82) is 0 Å². The summed E-state index contributed by atoms with van der Waals surface area (Å²) in [6.07, 6.45) is 2.80. The molecule has 8 nitrogen and oxygen atoms in total. The number of hydrogen-bond donors (Lipinski definition) is 0. The summed E-state index contributed by atoms with van der Waals surface area (Å²) in [5, 5.41) is 4.03. The number of nitrogens with zero attached hydrogens (tertiary/aromatic N) is 3. The lowest BCUT2D eigenvalue weighted by Crippen LogP contribution is -2.33. The maximum Gasteiger partial charge on any atom is 0.289 e. The van der Waals surface area contributed by atoms with Gasteiger partial charge in [0.05, 0.1) is 6.26 Å². The number of aromatic nitrogens is 2. The fourth-order valence-corrected chi connectivity index (χ4v) is 2.88. The van der Waals surface area contributed by atoms with Gasteiger partial charge in [-0.3, -0.25) is 4.79 Å². The zero-order valence-electron chi connectivity index (χ0n) is 14.9. The van der Waals surface area contributed by atoms with Gasteiger partial charge in [-0.2, -0.15) is 4.98 Å². The molecule has 0 radical (unpaired) electrons. The second-order valence-electron chi connectivity index (χ2n) is 6.10. The molecule has 3 aromatic rings. The Bertz CT molecular complexity index is 919. The fraction of sp³-hybridized carbons (Fsp3) is 0.316. The molecule has 1 aliphatic rings. The van der Waals surface area contributed by atoms with E-state index in [1.54, 1.807) is 17.0 Å². The monoisotopic (exact) mass is 369 g/mol. The van der Waals surface area contributed by atoms with E-state index < -0.39 is 0 Å². The first-order chi connectivity index (χ1) is 13.2. The molecule has 0 saturated carbocycles. The molecule has 140 valence electrons. The van der Waals surface area contributed by atoms with Crippen LogP contribution in [0.5, 0.6) is 11.5 Å². The van der Waals surface area contributed by atoms with E-state index in [-0.39, 0.29) is 12.7 Å². The van der Waals surface area contributed by atoms with E-state index in [0.717, 1.165) is 12.0 Å². The third-order valence-corrected chi connectivity index (χ3v) is 4.21. The molecule has 0 spiro atoms. The molecule has 0 unspecified atom stereocenters. The first-order valence-corrected chi connectivity index (χ1v) is 8.80. The Balaban J connectivity index is 1.43. The van der Waals surface area contributed by atoms with Crippen molar-refractivity contribution in [2.24, 2.45) is 0 Å². The molecule has 0 N–H and O–H groups in total. The number of furan rings is 1. The minimum absolute atomic E-state index is 0.141. The molecule has 2 aromatic heterocycles. The van der Waals surface area contributed by atoms with E-state index in [9.17, 15) is 4.79 Å². The molecule has 0 aliphatic carbocycles. The average Bonchev–Trinajstić information content (AvgIpc) is 3.45. The molecule has 0 atom stereocenters. The number of carbonyl (C=O) groups is 1. The lowest BCUT2D eigenvalue weighted by Gasteiger charge is -2.19. The van der Waals surface area contributed by atoms with Crippen molar-refractivity contribution in [3.63, 3.8) is 0 Å². The van der Waals surface area contributed by atoms with Gasteiger partial charge >= 0.3 is 0 Å². The molecule has 27 heavy (non-hydrogen) atoms. The zero-order valence-corrected chi connectivity index (χ0v) is 14.9. The maximum atomic E-state index is 12.5. The molecule has 3 heterocycles. The number of carbonyl (C=O) groups excluding carboxylic acids is 1. The lowest BCUT2D eigenvalue weighted by molar-refractivity contribution is 0.0722. The molecule has 0 fully saturated rings. The van der Waals surface area contributed by atoms with Gasteiger partial charge in [0.15, 0.2) is 17.3 Å². The molecule has 1 aliphatic heterocycles. The van der Waals surface area contributed by atoms with Gasteiger partial charge in [-0.15, -0.1) is 0 Å². The van der Waals surface area contributed by atoms with Crippen molar-refractivity contribution in [1.82, 2.24) is 15.0 Å². The van der Waals surface area contributed by atoms with Crippen molar-refractivity contribution < 1.29 is 23.2 Å². The van der Waals surface area contributed by atoms with E-state index in [0.29, 0.717) is 48.5 Å². The van der Waals surface area contributed by atoms with Crippen molar-refractivity contribution in [3.05, 3.63) is 48.2 Å². The summed E-state index contributed by atoms with van der Waals surface area (Å²) in [7, 11) is 0. The lowest BCUT2D eigenvalue weighted by atomic mass is 10.2. The maximum absolute atomic E-state index is 12.5. The van der Waals surface area contributed by atoms with Crippen LogP contribution in [0.4, 0.5) is 0 Å². The number of ether oxygens (including phenoxy) is 2. The first kappa shape index (κ1) is 17.1. The Morgan fingerprint density at radius 2 is 2.07 bits per heavy atom. The standard InChI is InChI=1S/C19H19N3O5/c1-2-8-22(19(23)15-4-3-10-24-15)9-7-17-20-18(21-27-17)13-5-6-14-16(11-13)26-12-25-14/h3-6,10-11H,2,7-9,12H2,1H3. The van der Waals surface area contributed by atoms with Crippen LogP contribution in [0.1, 0.15) is 29.8 Å². The van der Waals surface area contributed by atoms with Gasteiger partial charge in [0.1, 0.15) is 0 Å². The van der Waals surface area contributed by atoms with E-state index in [4.69, 9.17) is 18.4 Å². The smallest absolute Gasteiger partial charge is 0.289 e. The first-order valence-electron chi connectivity index (χ1n) is 8.80. The molecule has 1 amide bonds. The second-order valence-corrected chi connectivity index (χ2v) is 6.10. The Labute approximate surface area is 155 Å². The van der Waals surface area contributed by atoms with Crippen LogP contribution in [0.25, 0.3) is 11.4 Å². The molecule has 0 bridgehead atoms. The van der Waals surface area contributed by atoms with Gasteiger partial charge in [0, 0.05) is 25.1 Å². The Hall–Kier alpha value is -3.29. The van der Waals surface area contributed by atoms with Crippen LogP contribution in [0.3, 0.4) is 0 Å². The highest BCUT2D eigenvalue weighted by Crippen LogP contribution is 2.35. The molecule has 4 rings (SSSR count). The Morgan fingerprint density at radius 3 is 2.89 bits per heavy atom. The highest BCUT2D eigenvalue weighted by molar-refractivity contribution is 5.91. The van der Waals surface area contributed by atoms with Crippen molar-refractivity contribution >= 4 is 5.91 Å². The second kappa shape index (κ2) is 7.53. The average molecular weight is 369 g/mol. The van der Waals surface area contributed by atoms with Crippen LogP contribution < -0.4 is 9.47 Å². The third kappa shape index (κ3) is 3.64. The largest absolute Gasteiger partial charge is 0.459 e. The van der Waals surface area contributed by atoms with Gasteiger partial charge in [-0.1, -0.05) is 12.1 Å². The summed E-state index contributed by atoms with van der Waals surface area (Å²) in [5.74, 6) is 2.50. The molecule has 0 saturated heterocycles. The highest BCUT2D eigenvalue weighted by Gasteiger charge is 2.20. The van der Waals surface area contributed by atoms with Gasteiger partial charge < -0.3 is 23.3 Å².